The fourth-order valence-corrected chi connectivity index (χ4v) is 2.71. The van der Waals surface area contributed by atoms with Gasteiger partial charge in [0.2, 0.25) is 5.91 Å². The molecule has 0 atom stereocenters. The monoisotopic (exact) mass is 389 g/mol. The number of nitrogens with one attached hydrogen (secondary N) is 1. The predicted molar refractivity (Wildman–Crippen MR) is 109 cm³/mol. The smallest absolute Gasteiger partial charge is 0.224 e. The van der Waals surface area contributed by atoms with Crippen molar-refractivity contribution in [2.24, 2.45) is 10.7 Å². The van der Waals surface area contributed by atoms with Crippen LogP contribution in [0.25, 0.3) is 0 Å². The van der Waals surface area contributed by atoms with E-state index < -0.39 is 0 Å². The summed E-state index contributed by atoms with van der Waals surface area (Å²) in [5, 5.41) is 3.81. The van der Waals surface area contributed by atoms with Gasteiger partial charge in [0.1, 0.15) is 0 Å². The van der Waals surface area contributed by atoms with Crippen molar-refractivity contribution in [1.29, 1.82) is 0 Å². The summed E-state index contributed by atoms with van der Waals surface area (Å²) >= 11 is 11.9. The lowest BCUT2D eigenvalue weighted by molar-refractivity contribution is -0.120. The number of carbonyl (C=O) groups is 1. The molecular weight excluding hydrogens is 369 g/mol. The molecule has 0 aromatic heterocycles. The molecule has 2 aromatic carbocycles. The average Bonchev–Trinajstić information content (AvgIpc) is 2.61. The highest BCUT2D eigenvalue weighted by atomic mass is 35.5. The number of nitrogens with zero attached hydrogens (tertiary/aromatic N) is 1. The van der Waals surface area contributed by atoms with Gasteiger partial charge in [-0.25, -0.2) is 0 Å². The number of para-hydroxylation sites is 1. The minimum atomic E-state index is -0.140. The topological polar surface area (TPSA) is 67.5 Å². The van der Waals surface area contributed by atoms with E-state index in [1.807, 2.05) is 43.3 Å². The van der Waals surface area contributed by atoms with E-state index >= 15 is 0 Å². The molecule has 6 heteroatoms. The number of aliphatic imine (C=N–C) groups is 1. The van der Waals surface area contributed by atoms with Gasteiger partial charge in [-0.15, -0.1) is 0 Å². The number of rotatable bonds is 6. The molecule has 0 bridgehead atoms. The molecular formula is C20H21Cl2N3O. The number of hydrogen-bond donors (Lipinski definition) is 2. The molecule has 26 heavy (non-hydrogen) atoms. The highest BCUT2D eigenvalue weighted by molar-refractivity contribution is 6.42. The highest BCUT2D eigenvalue weighted by Crippen LogP contribution is 2.22. The van der Waals surface area contributed by atoms with Crippen LogP contribution < -0.4 is 11.1 Å². The zero-order valence-electron chi connectivity index (χ0n) is 14.7. The van der Waals surface area contributed by atoms with Crippen molar-refractivity contribution in [2.45, 2.75) is 26.8 Å². The Balaban J connectivity index is 2.03. The van der Waals surface area contributed by atoms with Crippen LogP contribution in [-0.2, 0) is 11.3 Å². The number of amides is 1. The van der Waals surface area contributed by atoms with Crippen LogP contribution in [0.4, 0.5) is 5.69 Å². The summed E-state index contributed by atoms with van der Waals surface area (Å²) in [5.41, 5.74) is 9.68. The Kier molecular flexibility index (Phi) is 7.25. The van der Waals surface area contributed by atoms with Gasteiger partial charge in [0.05, 0.1) is 22.2 Å². The average molecular weight is 390 g/mol. The van der Waals surface area contributed by atoms with E-state index in [-0.39, 0.29) is 12.3 Å². The lowest BCUT2D eigenvalue weighted by Crippen LogP contribution is -2.25. The first-order valence-electron chi connectivity index (χ1n) is 8.13. The molecule has 0 heterocycles. The number of hydrogen-bond acceptors (Lipinski definition) is 3. The third kappa shape index (κ3) is 5.90. The van der Waals surface area contributed by atoms with E-state index in [2.05, 4.69) is 10.3 Å². The van der Waals surface area contributed by atoms with Gasteiger partial charge >= 0.3 is 0 Å². The van der Waals surface area contributed by atoms with Crippen LogP contribution in [-0.4, -0.2) is 11.6 Å². The van der Waals surface area contributed by atoms with E-state index in [0.29, 0.717) is 22.3 Å². The standard InChI is InChI=1S/C20H21Cl2N3O/c1-13(23)17(14(2)25-16-6-4-3-5-7-16)11-20(26)24-12-15-8-9-18(21)19(22)10-15/h3-10H,11-12,23H2,1-2H3,(H,24,26)/b17-13-,25-14?. The molecule has 1 amide bonds. The van der Waals surface area contributed by atoms with Crippen LogP contribution in [0.1, 0.15) is 25.8 Å². The Labute approximate surface area is 163 Å². The van der Waals surface area contributed by atoms with E-state index in [0.717, 1.165) is 22.5 Å². The van der Waals surface area contributed by atoms with Gasteiger partial charge in [0, 0.05) is 23.5 Å². The second-order valence-electron chi connectivity index (χ2n) is 5.90. The summed E-state index contributed by atoms with van der Waals surface area (Å²) in [6, 6.07) is 14.8. The maximum atomic E-state index is 12.3. The van der Waals surface area contributed by atoms with Crippen molar-refractivity contribution >= 4 is 40.5 Å². The Morgan fingerprint density at radius 2 is 1.77 bits per heavy atom. The second kappa shape index (κ2) is 9.41. The number of carbonyl (C=O) groups excluding carboxylic acids is 1. The SMILES string of the molecule is CC(=Nc1ccccc1)/C(CC(=O)NCc1ccc(Cl)c(Cl)c1)=C(/C)N. The van der Waals surface area contributed by atoms with Crippen LogP contribution in [0, 0.1) is 0 Å². The molecule has 0 aliphatic carbocycles. The van der Waals surface area contributed by atoms with Crippen molar-refractivity contribution in [3.8, 4) is 0 Å². The fourth-order valence-electron chi connectivity index (χ4n) is 2.39. The van der Waals surface area contributed by atoms with Gasteiger partial charge in [-0.05, 0) is 43.7 Å². The summed E-state index contributed by atoms with van der Waals surface area (Å²) in [4.78, 5) is 16.9. The first-order chi connectivity index (χ1) is 12.4. The van der Waals surface area contributed by atoms with Crippen molar-refractivity contribution < 1.29 is 4.79 Å². The van der Waals surface area contributed by atoms with Crippen LogP contribution in [0.15, 0.2) is 64.8 Å². The maximum absolute atomic E-state index is 12.3. The molecule has 0 radical (unpaired) electrons. The molecule has 4 nitrogen and oxygen atoms in total. The molecule has 0 saturated heterocycles. The van der Waals surface area contributed by atoms with Gasteiger partial charge in [-0.2, -0.15) is 0 Å². The Bertz CT molecular complexity index is 841. The number of nitrogens with two attached hydrogens (primary N) is 1. The second-order valence-corrected chi connectivity index (χ2v) is 6.71. The minimum absolute atomic E-state index is 0.140. The van der Waals surface area contributed by atoms with Crippen molar-refractivity contribution in [1.82, 2.24) is 5.32 Å². The highest BCUT2D eigenvalue weighted by Gasteiger charge is 2.12. The largest absolute Gasteiger partial charge is 0.402 e. The molecule has 0 aliphatic rings. The molecule has 0 unspecified atom stereocenters. The summed E-state index contributed by atoms with van der Waals surface area (Å²) in [6.45, 7) is 3.98. The first kappa shape index (κ1) is 20.0. The third-order valence-electron chi connectivity index (χ3n) is 3.78. The van der Waals surface area contributed by atoms with Gasteiger partial charge < -0.3 is 11.1 Å². The van der Waals surface area contributed by atoms with E-state index in [1.165, 1.54) is 0 Å². The molecule has 0 fully saturated rings. The fraction of sp³-hybridized carbons (Fsp3) is 0.200. The number of allylic oxidation sites excluding steroid dienone is 1. The molecule has 0 aliphatic heterocycles. The lowest BCUT2D eigenvalue weighted by atomic mass is 10.1. The van der Waals surface area contributed by atoms with Crippen LogP contribution >= 0.6 is 23.2 Å². The van der Waals surface area contributed by atoms with Crippen molar-refractivity contribution in [2.75, 3.05) is 0 Å². The summed E-state index contributed by atoms with van der Waals surface area (Å²) in [5.74, 6) is -0.140. The van der Waals surface area contributed by atoms with Crippen LogP contribution in [0.5, 0.6) is 0 Å². The normalized spacial score (nSPS) is 12.5. The van der Waals surface area contributed by atoms with Gasteiger partial charge in [0.15, 0.2) is 0 Å². The van der Waals surface area contributed by atoms with Crippen molar-refractivity contribution in [3.63, 3.8) is 0 Å². The summed E-state index contributed by atoms with van der Waals surface area (Å²) in [6.07, 6.45) is 0.159. The van der Waals surface area contributed by atoms with E-state index in [1.54, 1.807) is 19.1 Å². The Hall–Kier alpha value is -2.30. The molecule has 136 valence electrons. The number of halogens is 2. The van der Waals surface area contributed by atoms with Crippen molar-refractivity contribution in [3.05, 3.63) is 75.4 Å². The van der Waals surface area contributed by atoms with Crippen LogP contribution in [0.3, 0.4) is 0 Å². The molecule has 0 saturated carbocycles. The maximum Gasteiger partial charge on any atom is 0.224 e. The molecule has 0 spiro atoms. The van der Waals surface area contributed by atoms with Crippen LogP contribution in [0.2, 0.25) is 10.0 Å². The predicted octanol–water partition coefficient (Wildman–Crippen LogP) is 5.03. The Morgan fingerprint density at radius 1 is 1.08 bits per heavy atom. The van der Waals surface area contributed by atoms with E-state index in [4.69, 9.17) is 28.9 Å². The minimum Gasteiger partial charge on any atom is -0.402 e. The van der Waals surface area contributed by atoms with Gasteiger partial charge in [-0.1, -0.05) is 47.5 Å². The zero-order chi connectivity index (χ0) is 19.1. The van der Waals surface area contributed by atoms with Gasteiger partial charge in [0.25, 0.3) is 0 Å². The van der Waals surface area contributed by atoms with E-state index in [9.17, 15) is 4.79 Å². The summed E-state index contributed by atoms with van der Waals surface area (Å²) in [7, 11) is 0. The van der Waals surface area contributed by atoms with Gasteiger partial charge in [-0.3, -0.25) is 9.79 Å². The Morgan fingerprint density at radius 3 is 2.38 bits per heavy atom. The number of benzene rings is 2. The third-order valence-corrected chi connectivity index (χ3v) is 4.52. The molecule has 3 N–H and O–H groups in total. The molecule has 2 aromatic rings. The lowest BCUT2D eigenvalue weighted by Gasteiger charge is -2.11. The zero-order valence-corrected chi connectivity index (χ0v) is 16.2. The molecule has 2 rings (SSSR count). The quantitative estimate of drug-likeness (QED) is 0.680. The first-order valence-corrected chi connectivity index (χ1v) is 8.89. The summed E-state index contributed by atoms with van der Waals surface area (Å²) < 4.78 is 0.